The molecule has 0 amide bonds. The molecule has 1 heterocycles. The van der Waals surface area contributed by atoms with Crippen molar-refractivity contribution in [3.05, 3.63) is 16.5 Å². The summed E-state index contributed by atoms with van der Waals surface area (Å²) in [5.41, 5.74) is 0.815. The molecular weight excluding hydrogens is 292 g/mol. The fourth-order valence-electron chi connectivity index (χ4n) is 1.28. The summed E-state index contributed by atoms with van der Waals surface area (Å²) in [5, 5.41) is 1.23. The molecule has 0 aliphatic heterocycles. The fourth-order valence-corrected chi connectivity index (χ4v) is 3.74. The molecule has 18 heavy (non-hydrogen) atoms. The first-order valence-corrected chi connectivity index (χ1v) is 9.09. The molecule has 0 radical (unpaired) electrons. The first-order valence-electron chi connectivity index (χ1n) is 5.67. The second-order valence-electron chi connectivity index (χ2n) is 4.09. The lowest BCUT2D eigenvalue weighted by molar-refractivity contribution is 0.603. The Morgan fingerprint density at radius 3 is 2.56 bits per heavy atom. The number of aromatic nitrogens is 2. The fraction of sp³-hybridized carbons (Fsp3) is 0.636. The SMILES string of the molecule is CCCc1nc(Cl)c(C)c(SCCS(C)(=O)=O)n1. The summed E-state index contributed by atoms with van der Waals surface area (Å²) in [4.78, 5) is 8.62. The Hall–Kier alpha value is -0.330. The molecule has 1 aromatic heterocycles. The molecule has 0 aliphatic carbocycles. The number of hydrogen-bond acceptors (Lipinski definition) is 5. The third-order valence-corrected chi connectivity index (χ3v) is 4.91. The van der Waals surface area contributed by atoms with E-state index < -0.39 is 9.84 Å². The highest BCUT2D eigenvalue weighted by Gasteiger charge is 2.11. The molecular formula is C11H17ClN2O2S2. The molecule has 7 heteroatoms. The molecule has 0 bridgehead atoms. The molecule has 1 aromatic rings. The Labute approximate surface area is 117 Å². The normalized spacial score (nSPS) is 11.8. The summed E-state index contributed by atoms with van der Waals surface area (Å²) in [6.07, 6.45) is 2.96. The van der Waals surface area contributed by atoms with E-state index in [1.807, 2.05) is 13.8 Å². The Morgan fingerprint density at radius 2 is 2.00 bits per heavy atom. The standard InChI is InChI=1S/C11H17ClN2O2S2/c1-4-5-9-13-10(12)8(2)11(14-9)17-6-7-18(3,15)16/h4-7H2,1-3H3. The summed E-state index contributed by atoms with van der Waals surface area (Å²) < 4.78 is 22.1. The van der Waals surface area contributed by atoms with E-state index in [-0.39, 0.29) is 5.75 Å². The van der Waals surface area contributed by atoms with Crippen molar-refractivity contribution in [1.82, 2.24) is 9.97 Å². The van der Waals surface area contributed by atoms with E-state index in [1.54, 1.807) is 0 Å². The largest absolute Gasteiger partial charge is 0.229 e. The Bertz CT molecular complexity index is 518. The van der Waals surface area contributed by atoms with E-state index >= 15 is 0 Å². The van der Waals surface area contributed by atoms with Gasteiger partial charge in [-0.15, -0.1) is 11.8 Å². The number of thioether (sulfide) groups is 1. The zero-order chi connectivity index (χ0) is 13.8. The van der Waals surface area contributed by atoms with Gasteiger partial charge in [0.1, 0.15) is 25.8 Å². The monoisotopic (exact) mass is 308 g/mol. The lowest BCUT2D eigenvalue weighted by Gasteiger charge is -2.08. The minimum absolute atomic E-state index is 0.141. The summed E-state index contributed by atoms with van der Waals surface area (Å²) >= 11 is 7.45. The number of nitrogens with zero attached hydrogens (tertiary/aromatic N) is 2. The van der Waals surface area contributed by atoms with Crippen molar-refractivity contribution in [1.29, 1.82) is 0 Å². The molecule has 0 spiro atoms. The predicted molar refractivity (Wildman–Crippen MR) is 76.2 cm³/mol. The van der Waals surface area contributed by atoms with Crippen LogP contribution in [-0.4, -0.2) is 36.1 Å². The average Bonchev–Trinajstić information content (AvgIpc) is 2.23. The van der Waals surface area contributed by atoms with E-state index in [9.17, 15) is 8.42 Å². The van der Waals surface area contributed by atoms with Crippen LogP contribution in [0.1, 0.15) is 24.7 Å². The summed E-state index contributed by atoms with van der Waals surface area (Å²) in [5.74, 6) is 1.34. The van der Waals surface area contributed by atoms with Crippen molar-refractivity contribution in [3.8, 4) is 0 Å². The molecule has 4 nitrogen and oxygen atoms in total. The highest BCUT2D eigenvalue weighted by Crippen LogP contribution is 2.25. The maximum absolute atomic E-state index is 11.1. The minimum Gasteiger partial charge on any atom is -0.229 e. The molecule has 0 saturated carbocycles. The van der Waals surface area contributed by atoms with Gasteiger partial charge in [0.05, 0.1) is 5.75 Å². The molecule has 0 unspecified atom stereocenters. The van der Waals surface area contributed by atoms with Crippen molar-refractivity contribution in [2.24, 2.45) is 0 Å². The zero-order valence-electron chi connectivity index (χ0n) is 10.7. The molecule has 0 atom stereocenters. The first-order chi connectivity index (χ1) is 8.33. The van der Waals surface area contributed by atoms with Gasteiger partial charge in [-0.05, 0) is 13.3 Å². The van der Waals surface area contributed by atoms with Crippen LogP contribution >= 0.6 is 23.4 Å². The van der Waals surface area contributed by atoms with Crippen LogP contribution in [0.25, 0.3) is 0 Å². The predicted octanol–water partition coefficient (Wildman–Crippen LogP) is 2.53. The van der Waals surface area contributed by atoms with E-state index in [0.717, 1.165) is 29.3 Å². The van der Waals surface area contributed by atoms with Crippen molar-refractivity contribution >= 4 is 33.2 Å². The van der Waals surface area contributed by atoms with Gasteiger partial charge in [-0.2, -0.15) is 0 Å². The number of aryl methyl sites for hydroxylation is 1. The van der Waals surface area contributed by atoms with Crippen LogP contribution in [0.15, 0.2) is 5.03 Å². The van der Waals surface area contributed by atoms with Crippen LogP contribution in [0.4, 0.5) is 0 Å². The van der Waals surface area contributed by atoms with Gasteiger partial charge >= 0.3 is 0 Å². The lowest BCUT2D eigenvalue weighted by Crippen LogP contribution is -2.06. The van der Waals surface area contributed by atoms with Gasteiger partial charge in [0.25, 0.3) is 0 Å². The van der Waals surface area contributed by atoms with Crippen LogP contribution in [0.5, 0.6) is 0 Å². The number of rotatable bonds is 6. The van der Waals surface area contributed by atoms with Crippen molar-refractivity contribution in [3.63, 3.8) is 0 Å². The van der Waals surface area contributed by atoms with Gasteiger partial charge in [0.15, 0.2) is 0 Å². The average molecular weight is 309 g/mol. The maximum Gasteiger partial charge on any atom is 0.148 e. The molecule has 102 valence electrons. The Balaban J connectivity index is 2.80. The second kappa shape index (κ2) is 6.73. The molecule has 0 aliphatic rings. The van der Waals surface area contributed by atoms with Crippen LogP contribution in [0.3, 0.4) is 0 Å². The molecule has 0 N–H and O–H groups in total. The molecule has 0 fully saturated rings. The van der Waals surface area contributed by atoms with E-state index in [0.29, 0.717) is 10.9 Å². The summed E-state index contributed by atoms with van der Waals surface area (Å²) in [6.45, 7) is 3.90. The quantitative estimate of drug-likeness (QED) is 0.597. The maximum atomic E-state index is 11.1. The van der Waals surface area contributed by atoms with Crippen LogP contribution in [-0.2, 0) is 16.3 Å². The van der Waals surface area contributed by atoms with E-state index in [1.165, 1.54) is 18.0 Å². The zero-order valence-corrected chi connectivity index (χ0v) is 13.1. The lowest BCUT2D eigenvalue weighted by atomic mass is 10.3. The first kappa shape index (κ1) is 15.7. The van der Waals surface area contributed by atoms with Crippen molar-refractivity contribution < 1.29 is 8.42 Å². The Kier molecular flexibility index (Phi) is 5.88. The van der Waals surface area contributed by atoms with Crippen LogP contribution in [0.2, 0.25) is 5.15 Å². The summed E-state index contributed by atoms with van der Waals surface area (Å²) in [7, 11) is -2.93. The Morgan fingerprint density at radius 1 is 1.33 bits per heavy atom. The number of halogens is 1. The van der Waals surface area contributed by atoms with Gasteiger partial charge < -0.3 is 0 Å². The van der Waals surface area contributed by atoms with Gasteiger partial charge in [0, 0.05) is 24.0 Å². The number of sulfone groups is 1. The third-order valence-electron chi connectivity index (χ3n) is 2.25. The molecule has 0 saturated heterocycles. The summed E-state index contributed by atoms with van der Waals surface area (Å²) in [6, 6.07) is 0. The van der Waals surface area contributed by atoms with Gasteiger partial charge in [0.2, 0.25) is 0 Å². The highest BCUT2D eigenvalue weighted by molar-refractivity contribution is 8.00. The topological polar surface area (TPSA) is 59.9 Å². The minimum atomic E-state index is -2.93. The smallest absolute Gasteiger partial charge is 0.148 e. The van der Waals surface area contributed by atoms with Crippen LogP contribution < -0.4 is 0 Å². The van der Waals surface area contributed by atoms with Gasteiger partial charge in [-0.1, -0.05) is 18.5 Å². The van der Waals surface area contributed by atoms with Crippen molar-refractivity contribution in [2.75, 3.05) is 17.8 Å². The van der Waals surface area contributed by atoms with E-state index in [2.05, 4.69) is 9.97 Å². The van der Waals surface area contributed by atoms with Crippen LogP contribution in [0, 0.1) is 6.92 Å². The third kappa shape index (κ3) is 5.12. The number of hydrogen-bond donors (Lipinski definition) is 0. The van der Waals surface area contributed by atoms with Gasteiger partial charge in [-0.25, -0.2) is 18.4 Å². The van der Waals surface area contributed by atoms with E-state index in [4.69, 9.17) is 11.6 Å². The highest BCUT2D eigenvalue weighted by atomic mass is 35.5. The van der Waals surface area contributed by atoms with Crippen molar-refractivity contribution in [2.45, 2.75) is 31.7 Å². The molecule has 1 rings (SSSR count). The van der Waals surface area contributed by atoms with Gasteiger partial charge in [-0.3, -0.25) is 0 Å². The molecule has 0 aromatic carbocycles. The second-order valence-corrected chi connectivity index (χ2v) is 7.79.